The summed E-state index contributed by atoms with van der Waals surface area (Å²) in [5, 5.41) is 0. The third kappa shape index (κ3) is 2.10. The Bertz CT molecular complexity index is 427. The Morgan fingerprint density at radius 1 is 1.11 bits per heavy atom. The SMILES string of the molecule is Nc1ccc(N2CCC(N)C2)nc1N1CCCC1. The zero-order chi connectivity index (χ0) is 12.5. The van der Waals surface area contributed by atoms with Gasteiger partial charge in [0.05, 0.1) is 5.69 Å². The van der Waals surface area contributed by atoms with Crippen LogP contribution in [0.3, 0.4) is 0 Å². The maximum absolute atomic E-state index is 6.05. The quantitative estimate of drug-likeness (QED) is 0.809. The maximum atomic E-state index is 6.05. The highest BCUT2D eigenvalue weighted by Gasteiger charge is 2.22. The molecule has 98 valence electrons. The van der Waals surface area contributed by atoms with Crippen molar-refractivity contribution in [2.75, 3.05) is 41.7 Å². The minimum atomic E-state index is 0.277. The van der Waals surface area contributed by atoms with Crippen LogP contribution in [0.4, 0.5) is 17.3 Å². The molecular formula is C13H21N5. The molecule has 1 atom stereocenters. The van der Waals surface area contributed by atoms with Crippen LogP contribution in [0.2, 0.25) is 0 Å². The molecular weight excluding hydrogens is 226 g/mol. The normalized spacial score (nSPS) is 23.9. The maximum Gasteiger partial charge on any atom is 0.154 e. The molecule has 0 radical (unpaired) electrons. The summed E-state index contributed by atoms with van der Waals surface area (Å²) in [5.41, 5.74) is 12.8. The van der Waals surface area contributed by atoms with E-state index in [-0.39, 0.29) is 6.04 Å². The largest absolute Gasteiger partial charge is 0.396 e. The third-order valence-electron chi connectivity index (χ3n) is 3.84. The molecule has 2 saturated heterocycles. The number of rotatable bonds is 2. The van der Waals surface area contributed by atoms with E-state index in [2.05, 4.69) is 9.80 Å². The first kappa shape index (κ1) is 11.6. The first-order valence-corrected chi connectivity index (χ1v) is 6.76. The van der Waals surface area contributed by atoms with Gasteiger partial charge in [0.15, 0.2) is 5.82 Å². The van der Waals surface area contributed by atoms with Crippen molar-refractivity contribution in [1.29, 1.82) is 0 Å². The zero-order valence-corrected chi connectivity index (χ0v) is 10.7. The Hall–Kier alpha value is -1.49. The Balaban J connectivity index is 1.85. The first-order chi connectivity index (χ1) is 8.74. The Labute approximate surface area is 108 Å². The van der Waals surface area contributed by atoms with Crippen LogP contribution >= 0.6 is 0 Å². The molecule has 1 unspecified atom stereocenters. The van der Waals surface area contributed by atoms with Gasteiger partial charge in [0, 0.05) is 32.2 Å². The Morgan fingerprint density at radius 2 is 1.89 bits per heavy atom. The lowest BCUT2D eigenvalue weighted by Gasteiger charge is -2.22. The van der Waals surface area contributed by atoms with Crippen molar-refractivity contribution < 1.29 is 0 Å². The molecule has 0 aliphatic carbocycles. The van der Waals surface area contributed by atoms with Gasteiger partial charge in [0.25, 0.3) is 0 Å². The van der Waals surface area contributed by atoms with Gasteiger partial charge in [-0.3, -0.25) is 0 Å². The van der Waals surface area contributed by atoms with Gasteiger partial charge in [0.2, 0.25) is 0 Å². The fraction of sp³-hybridized carbons (Fsp3) is 0.615. The van der Waals surface area contributed by atoms with Gasteiger partial charge < -0.3 is 21.3 Å². The minimum Gasteiger partial charge on any atom is -0.396 e. The van der Waals surface area contributed by atoms with Crippen molar-refractivity contribution in [1.82, 2.24) is 4.98 Å². The third-order valence-corrected chi connectivity index (χ3v) is 3.84. The average molecular weight is 247 g/mol. The van der Waals surface area contributed by atoms with E-state index in [1.807, 2.05) is 12.1 Å². The van der Waals surface area contributed by atoms with Crippen LogP contribution in [-0.4, -0.2) is 37.2 Å². The molecule has 0 aromatic carbocycles. The molecule has 4 N–H and O–H groups in total. The van der Waals surface area contributed by atoms with Crippen molar-refractivity contribution in [3.63, 3.8) is 0 Å². The molecule has 3 rings (SSSR count). The minimum absolute atomic E-state index is 0.277. The molecule has 0 saturated carbocycles. The van der Waals surface area contributed by atoms with E-state index in [1.54, 1.807) is 0 Å². The number of pyridine rings is 1. The number of nitrogen functional groups attached to an aromatic ring is 1. The molecule has 0 spiro atoms. The summed E-state index contributed by atoms with van der Waals surface area (Å²) < 4.78 is 0. The average Bonchev–Trinajstić information content (AvgIpc) is 3.01. The standard InChI is InChI=1S/C13H21N5/c14-10-5-8-18(9-10)12-4-3-11(15)13(16-12)17-6-1-2-7-17/h3-4,10H,1-2,5-9,14-15H2. The highest BCUT2D eigenvalue weighted by molar-refractivity contribution is 5.66. The summed E-state index contributed by atoms with van der Waals surface area (Å²) in [6.45, 7) is 4.04. The van der Waals surface area contributed by atoms with Crippen molar-refractivity contribution in [2.24, 2.45) is 5.73 Å². The summed E-state index contributed by atoms with van der Waals surface area (Å²) in [4.78, 5) is 9.28. The van der Waals surface area contributed by atoms with Crippen molar-refractivity contribution in [2.45, 2.75) is 25.3 Å². The molecule has 2 fully saturated rings. The first-order valence-electron chi connectivity index (χ1n) is 6.76. The number of aromatic nitrogens is 1. The van der Waals surface area contributed by atoms with Gasteiger partial charge >= 0.3 is 0 Å². The highest BCUT2D eigenvalue weighted by Crippen LogP contribution is 2.28. The van der Waals surface area contributed by atoms with E-state index in [0.29, 0.717) is 0 Å². The van der Waals surface area contributed by atoms with Crippen molar-refractivity contribution in [3.8, 4) is 0 Å². The highest BCUT2D eigenvalue weighted by atomic mass is 15.3. The lowest BCUT2D eigenvalue weighted by Crippen LogP contribution is -2.28. The predicted molar refractivity (Wildman–Crippen MR) is 74.9 cm³/mol. The van der Waals surface area contributed by atoms with E-state index >= 15 is 0 Å². The Morgan fingerprint density at radius 3 is 2.56 bits per heavy atom. The number of nitrogens with zero attached hydrogens (tertiary/aromatic N) is 3. The molecule has 1 aromatic rings. The molecule has 2 aliphatic rings. The van der Waals surface area contributed by atoms with E-state index < -0.39 is 0 Å². The fourth-order valence-corrected chi connectivity index (χ4v) is 2.80. The summed E-state index contributed by atoms with van der Waals surface area (Å²) in [7, 11) is 0. The second-order valence-electron chi connectivity index (χ2n) is 5.27. The van der Waals surface area contributed by atoms with Gasteiger partial charge in [-0.25, -0.2) is 4.98 Å². The topological polar surface area (TPSA) is 71.4 Å². The molecule has 18 heavy (non-hydrogen) atoms. The molecule has 0 amide bonds. The molecule has 5 heteroatoms. The zero-order valence-electron chi connectivity index (χ0n) is 10.7. The molecule has 2 aliphatic heterocycles. The van der Waals surface area contributed by atoms with Crippen LogP contribution in [0.15, 0.2) is 12.1 Å². The second kappa shape index (κ2) is 4.65. The van der Waals surface area contributed by atoms with Gasteiger partial charge in [-0.2, -0.15) is 0 Å². The van der Waals surface area contributed by atoms with Crippen LogP contribution < -0.4 is 21.3 Å². The molecule has 5 nitrogen and oxygen atoms in total. The van der Waals surface area contributed by atoms with Crippen LogP contribution in [0.5, 0.6) is 0 Å². The van der Waals surface area contributed by atoms with Gasteiger partial charge in [0.1, 0.15) is 5.82 Å². The van der Waals surface area contributed by atoms with Crippen LogP contribution in [0.1, 0.15) is 19.3 Å². The van der Waals surface area contributed by atoms with Crippen LogP contribution in [0.25, 0.3) is 0 Å². The van der Waals surface area contributed by atoms with E-state index in [1.165, 1.54) is 12.8 Å². The van der Waals surface area contributed by atoms with Crippen molar-refractivity contribution in [3.05, 3.63) is 12.1 Å². The fourth-order valence-electron chi connectivity index (χ4n) is 2.80. The van der Waals surface area contributed by atoms with Crippen LogP contribution in [-0.2, 0) is 0 Å². The van der Waals surface area contributed by atoms with E-state index in [0.717, 1.165) is 49.9 Å². The monoisotopic (exact) mass is 247 g/mol. The Kier molecular flexibility index (Phi) is 2.99. The second-order valence-corrected chi connectivity index (χ2v) is 5.27. The molecule has 3 heterocycles. The summed E-state index contributed by atoms with van der Waals surface area (Å²) in [6, 6.07) is 4.26. The summed E-state index contributed by atoms with van der Waals surface area (Å²) in [5.74, 6) is 1.96. The van der Waals surface area contributed by atoms with Gasteiger partial charge in [-0.15, -0.1) is 0 Å². The predicted octanol–water partition coefficient (Wildman–Crippen LogP) is 0.801. The van der Waals surface area contributed by atoms with E-state index in [4.69, 9.17) is 16.5 Å². The number of nitrogens with two attached hydrogens (primary N) is 2. The molecule has 1 aromatic heterocycles. The van der Waals surface area contributed by atoms with Crippen molar-refractivity contribution >= 4 is 17.3 Å². The number of hydrogen-bond donors (Lipinski definition) is 2. The van der Waals surface area contributed by atoms with Crippen LogP contribution in [0, 0.1) is 0 Å². The lowest BCUT2D eigenvalue weighted by molar-refractivity contribution is 0.751. The number of anilines is 3. The van der Waals surface area contributed by atoms with Gasteiger partial charge in [-0.1, -0.05) is 0 Å². The number of hydrogen-bond acceptors (Lipinski definition) is 5. The van der Waals surface area contributed by atoms with Gasteiger partial charge in [-0.05, 0) is 31.4 Å². The lowest BCUT2D eigenvalue weighted by atomic mass is 10.3. The summed E-state index contributed by atoms with van der Waals surface area (Å²) >= 11 is 0. The van der Waals surface area contributed by atoms with E-state index in [9.17, 15) is 0 Å². The smallest absolute Gasteiger partial charge is 0.154 e. The summed E-state index contributed by atoms with van der Waals surface area (Å²) in [6.07, 6.45) is 3.52. The molecule has 0 bridgehead atoms.